The summed E-state index contributed by atoms with van der Waals surface area (Å²) in [7, 11) is 9.71. The zero-order chi connectivity index (χ0) is 47.6. The van der Waals surface area contributed by atoms with Crippen LogP contribution in [0.4, 0.5) is 0 Å². The van der Waals surface area contributed by atoms with Crippen molar-refractivity contribution in [3.05, 3.63) is 35.9 Å². The van der Waals surface area contributed by atoms with Gasteiger partial charge in [0.15, 0.2) is 11.7 Å². The lowest BCUT2D eigenvalue weighted by molar-refractivity contribution is -0.146. The van der Waals surface area contributed by atoms with Crippen LogP contribution in [-0.4, -0.2) is 169 Å². The summed E-state index contributed by atoms with van der Waals surface area (Å²) in [5.74, 6) is -3.15. The van der Waals surface area contributed by atoms with Crippen LogP contribution < -0.4 is 4.72 Å². The van der Waals surface area contributed by atoms with Crippen LogP contribution >= 0.6 is 0 Å². The molecule has 63 heavy (non-hydrogen) atoms. The Morgan fingerprint density at radius 2 is 1.54 bits per heavy atom. The third kappa shape index (κ3) is 16.9. The molecule has 8 atom stereocenters. The summed E-state index contributed by atoms with van der Waals surface area (Å²) in [6, 6.07) is 7.50. The Kier molecular flexibility index (Phi) is 23.4. The number of likely N-dealkylation sites (tertiary alicyclic amines) is 1. The van der Waals surface area contributed by atoms with Gasteiger partial charge in [0.1, 0.15) is 18.4 Å². The van der Waals surface area contributed by atoms with E-state index in [-0.39, 0.29) is 79.7 Å². The molecule has 0 unspecified atom stereocenters. The van der Waals surface area contributed by atoms with E-state index in [2.05, 4.69) is 4.72 Å². The monoisotopic (exact) mass is 907 g/mol. The number of carbonyl (C=O) groups is 5. The number of aliphatic imine (C=N–C) groups is 1. The molecule has 0 aromatic heterocycles. The fourth-order valence-electron chi connectivity index (χ4n) is 8.51. The van der Waals surface area contributed by atoms with Crippen molar-refractivity contribution in [1.82, 2.24) is 24.3 Å². The van der Waals surface area contributed by atoms with Gasteiger partial charge >= 0.3 is 0 Å². The molecule has 3 amide bonds. The second kappa shape index (κ2) is 26.8. The van der Waals surface area contributed by atoms with Crippen molar-refractivity contribution in [2.75, 3.05) is 75.5 Å². The summed E-state index contributed by atoms with van der Waals surface area (Å²) in [4.78, 5) is 80.4. The SMILES string of the molecule is CC[C@H](C)[C@@H]([C@@H](CC(=O)N1CCC[C@H]1[C@H](OC)[C@@H](C)C(=O)C[C@@H](Cc1ccccc1)C(=O)NS(=O)(=O)CCCCC(=O)COC)OC)N(C)C(=O)[C@@H](N=C(N(C)C)N(C)C)C(C)C. The van der Waals surface area contributed by atoms with E-state index in [9.17, 15) is 32.4 Å². The molecule has 0 aliphatic carbocycles. The number of nitrogens with one attached hydrogen (secondary N) is 1. The van der Waals surface area contributed by atoms with Gasteiger partial charge in [-0.1, -0.05) is 71.4 Å². The maximum atomic E-state index is 14.4. The molecule has 17 heteroatoms. The average Bonchev–Trinajstić information content (AvgIpc) is 3.71. The zero-order valence-electron chi connectivity index (χ0n) is 40.3. The van der Waals surface area contributed by atoms with Crippen LogP contribution in [0.3, 0.4) is 0 Å². The van der Waals surface area contributed by atoms with Crippen molar-refractivity contribution >= 4 is 45.3 Å². The Morgan fingerprint density at radius 1 is 0.905 bits per heavy atom. The highest BCUT2D eigenvalue weighted by molar-refractivity contribution is 7.90. The van der Waals surface area contributed by atoms with Crippen molar-refractivity contribution < 1.29 is 46.6 Å². The topological polar surface area (TPSA) is 185 Å². The highest BCUT2D eigenvalue weighted by atomic mass is 32.2. The standard InChI is InChI=1S/C46H78N6O10S/c1-14-32(4)42(51(10)45(57)41(31(2)3)47-46(49(6)7)50(8)9)39(61-12)29-40(55)52-25-20-24-37(52)43(62-13)33(5)38(54)28-35(27-34-21-16-15-17-22-34)44(56)48-63(58,59)26-19-18-23-36(53)30-60-11/h15-17,21-22,31-33,35,37,39,41-43H,14,18-20,23-30H2,1-13H3,(H,48,56)/t32-,33-,35+,37-,39+,41-,42-,43+/m0/s1. The molecule has 1 aliphatic heterocycles. The first-order chi connectivity index (χ1) is 29.6. The van der Waals surface area contributed by atoms with Crippen molar-refractivity contribution in [3.8, 4) is 0 Å². The molecule has 1 saturated heterocycles. The second-order valence-corrected chi connectivity index (χ2v) is 19.6. The Labute approximate surface area is 377 Å². The van der Waals surface area contributed by atoms with Gasteiger partial charge in [0.25, 0.3) is 0 Å². The fraction of sp³-hybridized carbons (Fsp3) is 0.739. The normalized spacial score (nSPS) is 17.5. The first-order valence-electron chi connectivity index (χ1n) is 22.3. The number of ether oxygens (including phenoxy) is 3. The highest BCUT2D eigenvalue weighted by Crippen LogP contribution is 2.31. The van der Waals surface area contributed by atoms with Gasteiger partial charge < -0.3 is 33.8 Å². The third-order valence-electron chi connectivity index (χ3n) is 12.1. The average molecular weight is 907 g/mol. The number of nitrogens with zero attached hydrogens (tertiary/aromatic N) is 5. The lowest BCUT2D eigenvalue weighted by atomic mass is 9.85. The number of likely N-dealkylation sites (N-methyl/N-ethyl adjacent to an activating group) is 1. The van der Waals surface area contributed by atoms with Crippen molar-refractivity contribution in [2.24, 2.45) is 28.7 Å². The van der Waals surface area contributed by atoms with Gasteiger partial charge in [0.2, 0.25) is 27.7 Å². The molecule has 1 heterocycles. The minimum Gasteiger partial charge on any atom is -0.379 e. The van der Waals surface area contributed by atoms with Crippen molar-refractivity contribution in [3.63, 3.8) is 0 Å². The number of benzene rings is 1. The van der Waals surface area contributed by atoms with Crippen LogP contribution in [0.2, 0.25) is 0 Å². The number of hydrogen-bond donors (Lipinski definition) is 1. The van der Waals surface area contributed by atoms with E-state index in [0.717, 1.165) is 12.0 Å². The van der Waals surface area contributed by atoms with Crippen molar-refractivity contribution in [1.29, 1.82) is 0 Å². The molecule has 0 saturated carbocycles. The number of hydrogen-bond acceptors (Lipinski definition) is 11. The van der Waals surface area contributed by atoms with Crippen LogP contribution in [0, 0.1) is 23.7 Å². The molecule has 2 rings (SSSR count). The lowest BCUT2D eigenvalue weighted by Crippen LogP contribution is -2.55. The predicted molar refractivity (Wildman–Crippen MR) is 245 cm³/mol. The van der Waals surface area contributed by atoms with Gasteiger partial charge in [-0.3, -0.25) is 28.7 Å². The number of Topliss-reactive ketones (excluding diaryl/α,β-unsaturated/α-hetero) is 2. The minimum absolute atomic E-state index is 0.00803. The minimum atomic E-state index is -4.05. The molecule has 0 spiro atoms. The number of methoxy groups -OCH3 is 3. The van der Waals surface area contributed by atoms with Crippen molar-refractivity contribution in [2.45, 2.75) is 123 Å². The summed E-state index contributed by atoms with van der Waals surface area (Å²) in [6.07, 6.45) is 1.18. The molecular formula is C46H78N6O10S. The van der Waals surface area contributed by atoms with Gasteiger partial charge in [0, 0.05) is 87.8 Å². The third-order valence-corrected chi connectivity index (χ3v) is 13.5. The maximum Gasteiger partial charge on any atom is 0.247 e. The van der Waals surface area contributed by atoms with E-state index in [1.807, 2.05) is 96.0 Å². The number of rotatable bonds is 27. The van der Waals surface area contributed by atoms with Gasteiger partial charge in [0.05, 0.1) is 36.5 Å². The van der Waals surface area contributed by atoms with Gasteiger partial charge in [-0.05, 0) is 49.5 Å². The van der Waals surface area contributed by atoms with Crippen LogP contribution in [0.1, 0.15) is 91.5 Å². The van der Waals surface area contributed by atoms with E-state index in [4.69, 9.17) is 19.2 Å². The number of carbonyl (C=O) groups excluding carboxylic acids is 5. The summed E-state index contributed by atoms with van der Waals surface area (Å²) in [6.45, 7) is 10.1. The molecule has 1 fully saturated rings. The summed E-state index contributed by atoms with van der Waals surface area (Å²) < 4.78 is 45.1. The molecule has 1 aliphatic rings. The molecule has 16 nitrogen and oxygen atoms in total. The predicted octanol–water partition coefficient (Wildman–Crippen LogP) is 4.06. The van der Waals surface area contributed by atoms with E-state index in [0.29, 0.717) is 31.8 Å². The summed E-state index contributed by atoms with van der Waals surface area (Å²) in [5, 5.41) is 0. The number of ketones is 2. The number of unbranched alkanes of at least 4 members (excludes halogenated alkanes) is 1. The summed E-state index contributed by atoms with van der Waals surface area (Å²) >= 11 is 0. The smallest absolute Gasteiger partial charge is 0.247 e. The quantitative estimate of drug-likeness (QED) is 0.0761. The maximum absolute atomic E-state index is 14.4. The summed E-state index contributed by atoms with van der Waals surface area (Å²) in [5.41, 5.74) is 0.762. The van der Waals surface area contributed by atoms with Gasteiger partial charge in [-0.15, -0.1) is 0 Å². The lowest BCUT2D eigenvalue weighted by Gasteiger charge is -2.40. The van der Waals surface area contributed by atoms with E-state index >= 15 is 0 Å². The second-order valence-electron chi connectivity index (χ2n) is 17.8. The number of amides is 3. The van der Waals surface area contributed by atoms with Crippen LogP contribution in [0.15, 0.2) is 35.3 Å². The first-order valence-corrected chi connectivity index (χ1v) is 23.9. The Hall–Kier alpha value is -3.93. The van der Waals surface area contributed by atoms with E-state index < -0.39 is 58.1 Å². The van der Waals surface area contributed by atoms with Gasteiger partial charge in [-0.25, -0.2) is 13.4 Å². The molecule has 0 radical (unpaired) electrons. The zero-order valence-corrected chi connectivity index (χ0v) is 41.1. The highest BCUT2D eigenvalue weighted by Gasteiger charge is 2.43. The van der Waals surface area contributed by atoms with E-state index in [1.165, 1.54) is 14.2 Å². The molecular weight excluding hydrogens is 829 g/mol. The number of guanidine groups is 1. The molecule has 1 aromatic rings. The Balaban J connectivity index is 2.31. The molecule has 0 bridgehead atoms. The largest absolute Gasteiger partial charge is 0.379 e. The van der Waals surface area contributed by atoms with Crippen LogP contribution in [0.5, 0.6) is 0 Å². The van der Waals surface area contributed by atoms with Crippen LogP contribution in [0.25, 0.3) is 0 Å². The first kappa shape index (κ1) is 55.2. The van der Waals surface area contributed by atoms with Crippen LogP contribution in [-0.2, 0) is 54.6 Å². The number of sulfonamides is 1. The Bertz CT molecular complexity index is 1750. The van der Waals surface area contributed by atoms with E-state index in [1.54, 1.807) is 30.9 Å². The molecule has 358 valence electrons. The molecule has 1 aromatic carbocycles. The van der Waals surface area contributed by atoms with Gasteiger partial charge in [-0.2, -0.15) is 0 Å². The molecule has 1 N–H and O–H groups in total. The fourth-order valence-corrected chi connectivity index (χ4v) is 9.67. The Morgan fingerprint density at radius 3 is 2.08 bits per heavy atom.